The summed E-state index contributed by atoms with van der Waals surface area (Å²) in [6, 6.07) is 17.4. The Morgan fingerprint density at radius 1 is 0.636 bits per heavy atom. The summed E-state index contributed by atoms with van der Waals surface area (Å²) in [6.45, 7) is 7.06. The molecule has 0 radical (unpaired) electrons. The first-order chi connectivity index (χ1) is 21.5. The van der Waals surface area contributed by atoms with Gasteiger partial charge in [0.05, 0.1) is 18.3 Å². The van der Waals surface area contributed by atoms with Crippen molar-refractivity contribution in [3.8, 4) is 22.8 Å². The number of benzene rings is 2. The Morgan fingerprint density at radius 3 is 1.84 bits per heavy atom. The van der Waals surface area contributed by atoms with Crippen molar-refractivity contribution in [3.63, 3.8) is 0 Å². The zero-order chi connectivity index (χ0) is 31.4. The second kappa shape index (κ2) is 20.4. The van der Waals surface area contributed by atoms with Gasteiger partial charge in [0.2, 0.25) is 5.76 Å². The number of carbonyl (C=O) groups excluding carboxylic acids is 2. The summed E-state index contributed by atoms with van der Waals surface area (Å²) in [7, 11) is 0. The highest BCUT2D eigenvalue weighted by molar-refractivity contribution is 5.91. The Morgan fingerprint density at radius 2 is 1.20 bits per heavy atom. The van der Waals surface area contributed by atoms with Crippen molar-refractivity contribution >= 4 is 11.9 Å². The number of rotatable bonds is 22. The molecule has 0 spiro atoms. The molecular weight excluding hydrogens is 552 g/mol. The largest absolute Gasteiger partial charge is 0.494 e. The number of carbonyl (C=O) groups is 2. The summed E-state index contributed by atoms with van der Waals surface area (Å²) in [6.07, 6.45) is 18.3. The van der Waals surface area contributed by atoms with E-state index < -0.39 is 5.97 Å². The Hall–Kier alpha value is -3.54. The van der Waals surface area contributed by atoms with Crippen LogP contribution in [0.15, 0.2) is 65.1 Å². The van der Waals surface area contributed by atoms with Gasteiger partial charge >= 0.3 is 11.9 Å². The Bertz CT molecular complexity index is 1210. The fourth-order valence-corrected chi connectivity index (χ4v) is 5.08. The van der Waals surface area contributed by atoms with Crippen LogP contribution in [0.4, 0.5) is 0 Å². The molecule has 0 aliphatic heterocycles. The van der Waals surface area contributed by atoms with Gasteiger partial charge in [-0.3, -0.25) is 0 Å². The third-order valence-corrected chi connectivity index (χ3v) is 7.79. The molecule has 0 bridgehead atoms. The van der Waals surface area contributed by atoms with Gasteiger partial charge in [-0.2, -0.15) is 0 Å². The molecule has 1 aromatic heterocycles. The van der Waals surface area contributed by atoms with Gasteiger partial charge in [0.1, 0.15) is 17.3 Å². The van der Waals surface area contributed by atoms with Gasteiger partial charge in [0.15, 0.2) is 0 Å². The number of hydrogen-bond donors (Lipinski definition) is 0. The van der Waals surface area contributed by atoms with E-state index in [2.05, 4.69) is 13.8 Å². The van der Waals surface area contributed by atoms with E-state index in [1.54, 1.807) is 36.4 Å². The molecule has 44 heavy (non-hydrogen) atoms. The lowest BCUT2D eigenvalue weighted by Crippen LogP contribution is -2.15. The van der Waals surface area contributed by atoms with Gasteiger partial charge in [0, 0.05) is 5.56 Å². The van der Waals surface area contributed by atoms with E-state index in [1.807, 2.05) is 31.2 Å². The minimum atomic E-state index is -0.608. The Balaban J connectivity index is 1.37. The molecule has 0 aliphatic rings. The van der Waals surface area contributed by atoms with Crippen molar-refractivity contribution in [3.05, 3.63) is 72.0 Å². The lowest BCUT2D eigenvalue weighted by Gasteiger charge is -2.13. The molecule has 0 fully saturated rings. The minimum Gasteiger partial charge on any atom is -0.494 e. The van der Waals surface area contributed by atoms with Crippen molar-refractivity contribution < 1.29 is 28.2 Å². The van der Waals surface area contributed by atoms with Crippen LogP contribution in [-0.2, 0) is 4.74 Å². The quantitative estimate of drug-likeness (QED) is 0.0645. The third kappa shape index (κ3) is 13.0. The zero-order valence-electron chi connectivity index (χ0n) is 27.1. The van der Waals surface area contributed by atoms with Gasteiger partial charge in [-0.05, 0) is 86.8 Å². The third-order valence-electron chi connectivity index (χ3n) is 7.79. The molecule has 0 saturated heterocycles. The highest BCUT2D eigenvalue weighted by Gasteiger charge is 2.16. The molecule has 0 aliphatic carbocycles. The summed E-state index contributed by atoms with van der Waals surface area (Å²) < 4.78 is 22.7. The summed E-state index contributed by atoms with van der Waals surface area (Å²) in [5.74, 6) is 0.827. The van der Waals surface area contributed by atoms with Crippen LogP contribution in [-0.4, -0.2) is 24.6 Å². The van der Waals surface area contributed by atoms with Crippen LogP contribution in [0.3, 0.4) is 0 Å². The topological polar surface area (TPSA) is 75.0 Å². The van der Waals surface area contributed by atoms with Crippen molar-refractivity contribution in [2.45, 2.75) is 123 Å². The van der Waals surface area contributed by atoms with E-state index in [4.69, 9.17) is 18.6 Å². The smallest absolute Gasteiger partial charge is 0.379 e. The van der Waals surface area contributed by atoms with Gasteiger partial charge in [-0.1, -0.05) is 90.9 Å². The van der Waals surface area contributed by atoms with Crippen molar-refractivity contribution in [1.82, 2.24) is 0 Å². The van der Waals surface area contributed by atoms with Gasteiger partial charge in [-0.15, -0.1) is 0 Å². The summed E-state index contributed by atoms with van der Waals surface area (Å²) in [5, 5.41) is 0. The normalized spacial score (nSPS) is 11.7. The molecule has 0 amide bonds. The predicted octanol–water partition coefficient (Wildman–Crippen LogP) is 11.0. The number of ether oxygens (including phenoxy) is 3. The van der Waals surface area contributed by atoms with E-state index in [0.29, 0.717) is 23.7 Å². The van der Waals surface area contributed by atoms with Crippen LogP contribution < -0.4 is 9.47 Å². The molecule has 3 rings (SSSR count). The lowest BCUT2D eigenvalue weighted by molar-refractivity contribution is 0.0319. The van der Waals surface area contributed by atoms with E-state index in [0.717, 1.165) is 37.0 Å². The molecule has 0 N–H and O–H groups in total. The molecule has 2 aromatic carbocycles. The maximum atomic E-state index is 12.7. The average molecular weight is 605 g/mol. The standard InChI is InChI=1S/C38H52O6/c1-4-6-8-10-11-12-13-14-15-17-29-41-33-23-19-31(20-24-33)35-27-28-36(44-35)38(40)43-34-25-21-32(22-26-34)37(39)42-30(3)18-16-9-7-5-2/h19-28,30H,4-18,29H2,1-3H3. The Kier molecular flexibility index (Phi) is 16.2. The van der Waals surface area contributed by atoms with Crippen molar-refractivity contribution in [2.24, 2.45) is 0 Å². The second-order valence-electron chi connectivity index (χ2n) is 11.7. The number of unbranched alkanes of at least 4 members (excludes halogenated alkanes) is 12. The second-order valence-corrected chi connectivity index (χ2v) is 11.7. The maximum Gasteiger partial charge on any atom is 0.379 e. The predicted molar refractivity (Wildman–Crippen MR) is 177 cm³/mol. The summed E-state index contributed by atoms with van der Waals surface area (Å²) >= 11 is 0. The Labute approximate surface area is 264 Å². The number of esters is 2. The molecule has 6 heteroatoms. The fraction of sp³-hybridized carbons (Fsp3) is 0.526. The minimum absolute atomic E-state index is 0.0988. The van der Waals surface area contributed by atoms with Crippen LogP contribution in [0, 0.1) is 0 Å². The van der Waals surface area contributed by atoms with Crippen LogP contribution in [0.2, 0.25) is 0 Å². The van der Waals surface area contributed by atoms with Crippen LogP contribution in [0.1, 0.15) is 138 Å². The molecule has 1 unspecified atom stereocenters. The van der Waals surface area contributed by atoms with E-state index >= 15 is 0 Å². The first-order valence-electron chi connectivity index (χ1n) is 16.9. The lowest BCUT2D eigenvalue weighted by atomic mass is 10.1. The van der Waals surface area contributed by atoms with E-state index in [1.165, 1.54) is 70.6 Å². The number of furan rings is 1. The first-order valence-corrected chi connectivity index (χ1v) is 16.9. The fourth-order valence-electron chi connectivity index (χ4n) is 5.08. The average Bonchev–Trinajstić information content (AvgIpc) is 3.53. The SMILES string of the molecule is CCCCCCCCCCCCOc1ccc(-c2ccc(C(=O)Oc3ccc(C(=O)OC(C)CCCCCC)cc3)o2)cc1. The highest BCUT2D eigenvalue weighted by Crippen LogP contribution is 2.26. The molecule has 6 nitrogen and oxygen atoms in total. The van der Waals surface area contributed by atoms with E-state index in [-0.39, 0.29) is 17.8 Å². The highest BCUT2D eigenvalue weighted by atomic mass is 16.6. The molecule has 1 heterocycles. The summed E-state index contributed by atoms with van der Waals surface area (Å²) in [4.78, 5) is 25.1. The van der Waals surface area contributed by atoms with Gasteiger partial charge < -0.3 is 18.6 Å². The van der Waals surface area contributed by atoms with E-state index in [9.17, 15) is 9.59 Å². The molecule has 1 atom stereocenters. The monoisotopic (exact) mass is 604 g/mol. The van der Waals surface area contributed by atoms with Crippen LogP contribution >= 0.6 is 0 Å². The van der Waals surface area contributed by atoms with Crippen molar-refractivity contribution in [2.75, 3.05) is 6.61 Å². The number of hydrogen-bond acceptors (Lipinski definition) is 6. The molecular formula is C38H52O6. The molecule has 3 aromatic rings. The van der Waals surface area contributed by atoms with Gasteiger partial charge in [0.25, 0.3) is 0 Å². The van der Waals surface area contributed by atoms with Crippen LogP contribution in [0.5, 0.6) is 11.5 Å². The van der Waals surface area contributed by atoms with Gasteiger partial charge in [-0.25, -0.2) is 9.59 Å². The zero-order valence-corrected chi connectivity index (χ0v) is 27.1. The molecule has 240 valence electrons. The van der Waals surface area contributed by atoms with Crippen molar-refractivity contribution in [1.29, 1.82) is 0 Å². The molecule has 0 saturated carbocycles. The first kappa shape index (κ1) is 34.9. The summed E-state index contributed by atoms with van der Waals surface area (Å²) in [5.41, 5.74) is 1.26. The maximum absolute atomic E-state index is 12.7. The van der Waals surface area contributed by atoms with Crippen LogP contribution in [0.25, 0.3) is 11.3 Å².